The number of nitrogens with zero attached hydrogens (tertiary/aromatic N) is 2. The summed E-state index contributed by atoms with van der Waals surface area (Å²) in [5.74, 6) is 1.50. The summed E-state index contributed by atoms with van der Waals surface area (Å²) in [6, 6.07) is 12.0. The Balaban J connectivity index is 1.78. The highest BCUT2D eigenvalue weighted by atomic mass is 79.9. The van der Waals surface area contributed by atoms with E-state index in [-0.39, 0.29) is 6.04 Å². The van der Waals surface area contributed by atoms with Crippen LogP contribution in [0, 0.1) is 0 Å². The first kappa shape index (κ1) is 17.3. The Morgan fingerprint density at radius 3 is 2.83 bits per heavy atom. The molecule has 23 heavy (non-hydrogen) atoms. The van der Waals surface area contributed by atoms with Crippen LogP contribution in [0.4, 0.5) is 0 Å². The molecule has 0 aliphatic carbocycles. The number of halogens is 1. The fourth-order valence-corrected chi connectivity index (χ4v) is 2.70. The predicted octanol–water partition coefficient (Wildman–Crippen LogP) is 3.15. The van der Waals surface area contributed by atoms with Crippen molar-refractivity contribution in [3.63, 3.8) is 0 Å². The predicted molar refractivity (Wildman–Crippen MR) is 96.8 cm³/mol. The molecule has 5 nitrogen and oxygen atoms in total. The summed E-state index contributed by atoms with van der Waals surface area (Å²) in [5.41, 5.74) is 1.18. The van der Waals surface area contributed by atoms with E-state index in [9.17, 15) is 0 Å². The van der Waals surface area contributed by atoms with Gasteiger partial charge in [0.15, 0.2) is 5.96 Å². The van der Waals surface area contributed by atoms with Gasteiger partial charge in [0, 0.05) is 17.7 Å². The van der Waals surface area contributed by atoms with E-state index in [0.717, 1.165) is 16.2 Å². The second kappa shape index (κ2) is 9.15. The van der Waals surface area contributed by atoms with Gasteiger partial charge in [0.1, 0.15) is 12.4 Å². The fourth-order valence-electron chi connectivity index (χ4n) is 2.07. The standard InChI is InChI=1S/C17H21BrN4O/c1-13(15-7-3-4-8-16(15)18)22-17(19-2)21-10-11-23-14-6-5-9-20-12-14/h3-9,12-13H,10-11H2,1-2H3,(H2,19,21,22). The van der Waals surface area contributed by atoms with Crippen LogP contribution in [0.5, 0.6) is 5.75 Å². The number of hydrogen-bond donors (Lipinski definition) is 2. The first-order valence-corrected chi connectivity index (χ1v) is 8.24. The summed E-state index contributed by atoms with van der Waals surface area (Å²) in [6.45, 7) is 3.28. The molecule has 6 heteroatoms. The zero-order chi connectivity index (χ0) is 16.5. The highest BCUT2D eigenvalue weighted by molar-refractivity contribution is 9.10. The molecule has 1 unspecified atom stereocenters. The number of pyridine rings is 1. The van der Waals surface area contributed by atoms with Gasteiger partial charge in [0.05, 0.1) is 18.8 Å². The Morgan fingerprint density at radius 1 is 1.30 bits per heavy atom. The van der Waals surface area contributed by atoms with Crippen molar-refractivity contribution in [2.75, 3.05) is 20.2 Å². The SMILES string of the molecule is CN=C(NCCOc1cccnc1)NC(C)c1ccccc1Br. The van der Waals surface area contributed by atoms with Crippen molar-refractivity contribution in [1.29, 1.82) is 0 Å². The summed E-state index contributed by atoms with van der Waals surface area (Å²) < 4.78 is 6.67. The quantitative estimate of drug-likeness (QED) is 0.461. The molecule has 0 radical (unpaired) electrons. The van der Waals surface area contributed by atoms with Crippen LogP contribution in [-0.2, 0) is 0 Å². The Hall–Kier alpha value is -2.08. The van der Waals surface area contributed by atoms with Crippen LogP contribution in [-0.4, -0.2) is 31.1 Å². The van der Waals surface area contributed by atoms with Gasteiger partial charge >= 0.3 is 0 Å². The Labute approximate surface area is 145 Å². The van der Waals surface area contributed by atoms with Crippen LogP contribution in [0.15, 0.2) is 58.3 Å². The Kier molecular flexibility index (Phi) is 6.87. The highest BCUT2D eigenvalue weighted by Gasteiger charge is 2.10. The molecular formula is C17H21BrN4O. The zero-order valence-corrected chi connectivity index (χ0v) is 14.9. The number of rotatable bonds is 6. The van der Waals surface area contributed by atoms with Crippen LogP contribution >= 0.6 is 15.9 Å². The number of ether oxygens (including phenoxy) is 1. The van der Waals surface area contributed by atoms with Gasteiger partial charge in [-0.25, -0.2) is 0 Å². The topological polar surface area (TPSA) is 58.5 Å². The monoisotopic (exact) mass is 376 g/mol. The molecule has 0 spiro atoms. The van der Waals surface area contributed by atoms with Crippen molar-refractivity contribution in [2.24, 2.45) is 4.99 Å². The van der Waals surface area contributed by atoms with Crippen LogP contribution in [0.3, 0.4) is 0 Å². The maximum atomic E-state index is 5.59. The molecule has 122 valence electrons. The molecule has 0 aliphatic rings. The molecule has 2 N–H and O–H groups in total. The molecule has 2 rings (SSSR count). The lowest BCUT2D eigenvalue weighted by molar-refractivity contribution is 0.320. The van der Waals surface area contributed by atoms with Gasteiger partial charge in [0.25, 0.3) is 0 Å². The number of aliphatic imine (C=N–C) groups is 1. The van der Waals surface area contributed by atoms with E-state index in [1.165, 1.54) is 5.56 Å². The summed E-state index contributed by atoms with van der Waals surface area (Å²) in [6.07, 6.45) is 3.42. The molecule has 0 aliphatic heterocycles. The van der Waals surface area contributed by atoms with Gasteiger partial charge in [0.2, 0.25) is 0 Å². The van der Waals surface area contributed by atoms with Crippen LogP contribution in [0.2, 0.25) is 0 Å². The minimum atomic E-state index is 0.135. The van der Waals surface area contributed by atoms with E-state index in [4.69, 9.17) is 4.74 Å². The normalized spacial score (nSPS) is 12.6. The lowest BCUT2D eigenvalue weighted by Gasteiger charge is -2.19. The summed E-state index contributed by atoms with van der Waals surface area (Å²) in [4.78, 5) is 8.25. The number of benzene rings is 1. The van der Waals surface area contributed by atoms with Gasteiger partial charge in [-0.15, -0.1) is 0 Å². The molecule has 1 atom stereocenters. The van der Waals surface area contributed by atoms with E-state index < -0.39 is 0 Å². The second-order valence-electron chi connectivity index (χ2n) is 4.92. The molecule has 2 aromatic rings. The molecule has 0 fully saturated rings. The first-order valence-electron chi connectivity index (χ1n) is 7.45. The third-order valence-electron chi connectivity index (χ3n) is 3.25. The smallest absolute Gasteiger partial charge is 0.191 e. The maximum absolute atomic E-state index is 5.59. The van der Waals surface area contributed by atoms with Crippen molar-refractivity contribution >= 4 is 21.9 Å². The summed E-state index contributed by atoms with van der Waals surface area (Å²) >= 11 is 3.57. The number of aromatic nitrogens is 1. The van der Waals surface area contributed by atoms with Crippen LogP contribution in [0.1, 0.15) is 18.5 Å². The molecule has 0 amide bonds. The molecule has 0 saturated carbocycles. The largest absolute Gasteiger partial charge is 0.490 e. The lowest BCUT2D eigenvalue weighted by atomic mass is 10.1. The molecule has 1 heterocycles. The van der Waals surface area contributed by atoms with Crippen molar-refractivity contribution in [3.05, 3.63) is 58.8 Å². The van der Waals surface area contributed by atoms with Crippen molar-refractivity contribution < 1.29 is 4.74 Å². The highest BCUT2D eigenvalue weighted by Crippen LogP contribution is 2.22. The van der Waals surface area contributed by atoms with Crippen LogP contribution < -0.4 is 15.4 Å². The average Bonchev–Trinajstić information content (AvgIpc) is 2.58. The Bertz CT molecular complexity index is 634. The molecule has 1 aromatic carbocycles. The average molecular weight is 377 g/mol. The summed E-state index contributed by atoms with van der Waals surface area (Å²) in [7, 11) is 1.75. The van der Waals surface area contributed by atoms with Crippen molar-refractivity contribution in [2.45, 2.75) is 13.0 Å². The number of hydrogen-bond acceptors (Lipinski definition) is 3. The van der Waals surface area contributed by atoms with Crippen molar-refractivity contribution in [1.82, 2.24) is 15.6 Å². The number of nitrogens with one attached hydrogen (secondary N) is 2. The zero-order valence-electron chi connectivity index (χ0n) is 13.3. The second-order valence-corrected chi connectivity index (χ2v) is 5.78. The van der Waals surface area contributed by atoms with Gasteiger partial charge < -0.3 is 15.4 Å². The minimum Gasteiger partial charge on any atom is -0.490 e. The van der Waals surface area contributed by atoms with E-state index in [0.29, 0.717) is 13.2 Å². The van der Waals surface area contributed by atoms with Crippen molar-refractivity contribution in [3.8, 4) is 5.75 Å². The third kappa shape index (κ3) is 5.56. The van der Waals surface area contributed by atoms with Gasteiger partial charge in [-0.05, 0) is 30.7 Å². The molecule has 1 aromatic heterocycles. The van der Waals surface area contributed by atoms with Crippen LogP contribution in [0.25, 0.3) is 0 Å². The third-order valence-corrected chi connectivity index (χ3v) is 3.97. The minimum absolute atomic E-state index is 0.135. The molecular weight excluding hydrogens is 356 g/mol. The maximum Gasteiger partial charge on any atom is 0.191 e. The first-order chi connectivity index (χ1) is 11.2. The van der Waals surface area contributed by atoms with E-state index >= 15 is 0 Å². The summed E-state index contributed by atoms with van der Waals surface area (Å²) in [5, 5.41) is 6.60. The van der Waals surface area contributed by atoms with Gasteiger partial charge in [-0.1, -0.05) is 34.1 Å². The van der Waals surface area contributed by atoms with E-state index in [1.54, 1.807) is 19.4 Å². The molecule has 0 bridgehead atoms. The van der Waals surface area contributed by atoms with E-state index in [1.807, 2.05) is 30.3 Å². The fraction of sp³-hybridized carbons (Fsp3) is 0.294. The molecule has 0 saturated heterocycles. The van der Waals surface area contributed by atoms with E-state index in [2.05, 4.69) is 49.5 Å². The van der Waals surface area contributed by atoms with Gasteiger partial charge in [-0.3, -0.25) is 9.98 Å². The van der Waals surface area contributed by atoms with Gasteiger partial charge in [-0.2, -0.15) is 0 Å². The lowest BCUT2D eigenvalue weighted by Crippen LogP contribution is -2.40. The number of guanidine groups is 1. The Morgan fingerprint density at radius 2 is 2.13 bits per heavy atom.